The van der Waals surface area contributed by atoms with Crippen molar-refractivity contribution in [2.45, 2.75) is 19.3 Å². The molecule has 6 nitrogen and oxygen atoms in total. The van der Waals surface area contributed by atoms with Crippen molar-refractivity contribution in [3.05, 3.63) is 42.0 Å². The van der Waals surface area contributed by atoms with Gasteiger partial charge in [-0.25, -0.2) is 0 Å². The van der Waals surface area contributed by atoms with Crippen LogP contribution in [-0.2, 0) is 9.59 Å². The summed E-state index contributed by atoms with van der Waals surface area (Å²) in [6.07, 6.45) is 6.39. The summed E-state index contributed by atoms with van der Waals surface area (Å²) >= 11 is 0. The Morgan fingerprint density at radius 2 is 2.05 bits per heavy atom. The lowest BCUT2D eigenvalue weighted by Gasteiger charge is -2.11. The number of amides is 2. The molecule has 0 aliphatic heterocycles. The van der Waals surface area contributed by atoms with Crippen LogP contribution in [-0.4, -0.2) is 18.4 Å². The van der Waals surface area contributed by atoms with Crippen LogP contribution in [0.2, 0.25) is 0 Å². The van der Waals surface area contributed by atoms with E-state index in [9.17, 15) is 9.59 Å². The Balaban J connectivity index is 1.70. The fraction of sp³-hybridized carbons (Fsp3) is 0.312. The first-order chi connectivity index (χ1) is 10.7. The van der Waals surface area contributed by atoms with Gasteiger partial charge in [0.05, 0.1) is 5.56 Å². The summed E-state index contributed by atoms with van der Waals surface area (Å²) in [5, 5.41) is 8.90. The van der Waals surface area contributed by atoms with E-state index >= 15 is 0 Å². The van der Waals surface area contributed by atoms with Gasteiger partial charge in [-0.1, -0.05) is 24.3 Å². The fourth-order valence-corrected chi connectivity index (χ4v) is 2.16. The van der Waals surface area contributed by atoms with Gasteiger partial charge in [-0.3, -0.25) is 20.4 Å². The summed E-state index contributed by atoms with van der Waals surface area (Å²) in [6, 6.07) is 8.61. The van der Waals surface area contributed by atoms with Crippen molar-refractivity contribution in [2.75, 3.05) is 6.61 Å². The average molecular weight is 299 g/mol. The minimum absolute atomic E-state index is 0.234. The smallest absolute Gasteiger partial charge is 0.276 e. The maximum Gasteiger partial charge on any atom is 0.276 e. The second-order valence-corrected chi connectivity index (χ2v) is 4.96. The third-order valence-corrected chi connectivity index (χ3v) is 3.27. The normalized spacial score (nSPS) is 15.9. The van der Waals surface area contributed by atoms with Gasteiger partial charge in [-0.05, 0) is 30.9 Å². The van der Waals surface area contributed by atoms with E-state index in [1.54, 1.807) is 24.3 Å². The Labute approximate surface area is 128 Å². The van der Waals surface area contributed by atoms with Crippen molar-refractivity contribution >= 4 is 11.8 Å². The monoisotopic (exact) mass is 299 g/mol. The van der Waals surface area contributed by atoms with Gasteiger partial charge in [0.15, 0.2) is 6.61 Å². The van der Waals surface area contributed by atoms with Crippen LogP contribution in [0.5, 0.6) is 5.75 Å². The lowest BCUT2D eigenvalue weighted by atomic mass is 10.1. The highest BCUT2D eigenvalue weighted by Crippen LogP contribution is 2.19. The molecule has 0 saturated heterocycles. The Bertz CT molecular complexity index is 619. The summed E-state index contributed by atoms with van der Waals surface area (Å²) < 4.78 is 5.26. The van der Waals surface area contributed by atoms with Gasteiger partial charge in [0.1, 0.15) is 11.8 Å². The lowest BCUT2D eigenvalue weighted by molar-refractivity contribution is -0.130. The largest absolute Gasteiger partial charge is 0.482 e. The predicted molar refractivity (Wildman–Crippen MR) is 79.4 cm³/mol. The molecule has 1 aliphatic rings. The van der Waals surface area contributed by atoms with E-state index in [1.165, 1.54) is 0 Å². The molecular formula is C16H17N3O3. The summed E-state index contributed by atoms with van der Waals surface area (Å²) in [6.45, 7) is -0.275. The fourth-order valence-electron chi connectivity index (χ4n) is 2.16. The van der Waals surface area contributed by atoms with Crippen LogP contribution in [0.25, 0.3) is 0 Å². The van der Waals surface area contributed by atoms with Crippen LogP contribution in [0.3, 0.4) is 0 Å². The number of nitrogens with one attached hydrogen (secondary N) is 2. The highest BCUT2D eigenvalue weighted by Gasteiger charge is 2.14. The zero-order valence-electron chi connectivity index (χ0n) is 12.0. The number of nitriles is 1. The van der Waals surface area contributed by atoms with Crippen molar-refractivity contribution in [3.63, 3.8) is 0 Å². The van der Waals surface area contributed by atoms with Gasteiger partial charge in [0.25, 0.3) is 5.91 Å². The van der Waals surface area contributed by atoms with Crippen LogP contribution < -0.4 is 15.6 Å². The Kier molecular flexibility index (Phi) is 5.55. The van der Waals surface area contributed by atoms with Gasteiger partial charge in [0, 0.05) is 6.42 Å². The Morgan fingerprint density at radius 1 is 1.27 bits per heavy atom. The molecule has 0 fully saturated rings. The molecular weight excluding hydrogens is 282 g/mol. The molecule has 1 aliphatic carbocycles. The molecule has 114 valence electrons. The molecule has 0 aromatic heterocycles. The number of allylic oxidation sites excluding steroid dienone is 2. The molecule has 0 unspecified atom stereocenters. The van der Waals surface area contributed by atoms with Crippen LogP contribution in [0.15, 0.2) is 36.4 Å². The Hall–Kier alpha value is -2.81. The van der Waals surface area contributed by atoms with Gasteiger partial charge in [-0.2, -0.15) is 5.26 Å². The number of nitrogens with zero attached hydrogens (tertiary/aromatic N) is 1. The molecule has 0 radical (unpaired) electrons. The number of rotatable bonds is 5. The van der Waals surface area contributed by atoms with Crippen LogP contribution >= 0.6 is 0 Å². The summed E-state index contributed by atoms with van der Waals surface area (Å²) in [4.78, 5) is 23.2. The molecule has 1 aromatic rings. The van der Waals surface area contributed by atoms with Crippen LogP contribution in [0.1, 0.15) is 24.8 Å². The van der Waals surface area contributed by atoms with Crippen molar-refractivity contribution in [3.8, 4) is 11.8 Å². The third-order valence-electron chi connectivity index (χ3n) is 3.27. The van der Waals surface area contributed by atoms with Gasteiger partial charge >= 0.3 is 0 Å². The number of hydrazine groups is 1. The second-order valence-electron chi connectivity index (χ2n) is 4.96. The molecule has 22 heavy (non-hydrogen) atoms. The summed E-state index contributed by atoms with van der Waals surface area (Å²) in [5.74, 6) is -0.136. The van der Waals surface area contributed by atoms with E-state index in [-0.39, 0.29) is 18.4 Å². The van der Waals surface area contributed by atoms with Crippen molar-refractivity contribution in [2.24, 2.45) is 5.92 Å². The second kappa shape index (κ2) is 7.84. The van der Waals surface area contributed by atoms with Gasteiger partial charge < -0.3 is 4.74 Å². The predicted octanol–water partition coefficient (Wildman–Crippen LogP) is 1.44. The van der Waals surface area contributed by atoms with Crippen molar-refractivity contribution in [1.29, 1.82) is 5.26 Å². The number of carbonyl (C=O) groups is 2. The summed E-state index contributed by atoms with van der Waals surface area (Å²) in [5.41, 5.74) is 5.00. The molecule has 0 bridgehead atoms. The van der Waals surface area contributed by atoms with E-state index in [0.29, 0.717) is 17.7 Å². The minimum Gasteiger partial charge on any atom is -0.482 e. The van der Waals surface area contributed by atoms with E-state index in [0.717, 1.165) is 12.8 Å². The number of carbonyl (C=O) groups excluding carboxylic acids is 2. The molecule has 6 heteroatoms. The zero-order chi connectivity index (χ0) is 15.8. The van der Waals surface area contributed by atoms with Gasteiger partial charge in [-0.15, -0.1) is 0 Å². The van der Waals surface area contributed by atoms with Crippen molar-refractivity contribution in [1.82, 2.24) is 10.9 Å². The highest BCUT2D eigenvalue weighted by molar-refractivity contribution is 5.83. The van der Waals surface area contributed by atoms with E-state index in [4.69, 9.17) is 10.00 Å². The standard InChI is InChI=1S/C16H17N3O3/c17-10-13-7-3-4-8-14(13)22-11-16(21)19-18-15(20)9-12-5-1-2-6-12/h1,3-5,7-8,12H,2,6,9,11H2,(H,18,20)(H,19,21)/t12-/m0/s1. The maximum absolute atomic E-state index is 11.6. The first-order valence-electron chi connectivity index (χ1n) is 7.05. The van der Waals surface area contributed by atoms with Crippen LogP contribution in [0.4, 0.5) is 0 Å². The lowest BCUT2D eigenvalue weighted by Crippen LogP contribution is -2.44. The zero-order valence-corrected chi connectivity index (χ0v) is 12.0. The van der Waals surface area contributed by atoms with Crippen LogP contribution in [0, 0.1) is 17.2 Å². The quantitative estimate of drug-likeness (QED) is 0.636. The summed E-state index contributed by atoms with van der Waals surface area (Å²) in [7, 11) is 0. The molecule has 2 N–H and O–H groups in total. The van der Waals surface area contributed by atoms with Gasteiger partial charge in [0.2, 0.25) is 5.91 Å². The topological polar surface area (TPSA) is 91.2 Å². The SMILES string of the molecule is N#Cc1ccccc1OCC(=O)NNC(=O)C[C@H]1C=CCC1. The number of ether oxygens (including phenoxy) is 1. The first kappa shape index (κ1) is 15.6. The number of para-hydroxylation sites is 1. The van der Waals surface area contributed by atoms with Crippen molar-refractivity contribution < 1.29 is 14.3 Å². The highest BCUT2D eigenvalue weighted by atomic mass is 16.5. The molecule has 2 rings (SSSR count). The third kappa shape index (κ3) is 4.63. The van der Waals surface area contributed by atoms with E-state index in [2.05, 4.69) is 16.9 Å². The number of benzene rings is 1. The first-order valence-corrected chi connectivity index (χ1v) is 7.05. The molecule has 2 amide bonds. The van der Waals surface area contributed by atoms with E-state index < -0.39 is 5.91 Å². The molecule has 1 atom stereocenters. The number of hydrogen-bond acceptors (Lipinski definition) is 4. The van der Waals surface area contributed by atoms with E-state index in [1.807, 2.05) is 12.1 Å². The maximum atomic E-state index is 11.6. The molecule has 0 spiro atoms. The number of hydrogen-bond donors (Lipinski definition) is 2. The molecule has 0 heterocycles. The minimum atomic E-state index is -0.483. The molecule has 1 aromatic carbocycles. The molecule has 0 saturated carbocycles. The average Bonchev–Trinajstić information content (AvgIpc) is 3.04. The Morgan fingerprint density at radius 3 is 2.77 bits per heavy atom.